The summed E-state index contributed by atoms with van der Waals surface area (Å²) in [6, 6.07) is 7.92. The van der Waals surface area contributed by atoms with Gasteiger partial charge in [0.2, 0.25) is 0 Å². The second-order valence-corrected chi connectivity index (χ2v) is 2.53. The first-order valence-electron chi connectivity index (χ1n) is 2.64. The van der Waals surface area contributed by atoms with E-state index in [0.717, 1.165) is 10.2 Å². The lowest BCUT2D eigenvalue weighted by atomic mass is 10.3. The Morgan fingerprint density at radius 3 is 2.80 bits per heavy atom. The molecule has 4 heteroatoms. The second-order valence-electron chi connectivity index (χ2n) is 1.74. The molecule has 2 nitrogen and oxygen atoms in total. The minimum atomic E-state index is 0. The maximum absolute atomic E-state index is 3.89. The third-order valence-corrected chi connectivity index (χ3v) is 1.86. The quantitative estimate of drug-likeness (QED) is 0.527. The largest absolute Gasteiger partial charge is 0.138 e. The van der Waals surface area contributed by atoms with Crippen LogP contribution < -0.4 is 0 Å². The molecule has 2 aromatic rings. The summed E-state index contributed by atoms with van der Waals surface area (Å²) in [6.07, 6.45) is 0. The summed E-state index contributed by atoms with van der Waals surface area (Å²) in [5.74, 6) is 0. The van der Waals surface area contributed by atoms with E-state index >= 15 is 0 Å². The van der Waals surface area contributed by atoms with Gasteiger partial charge in [0.15, 0.2) is 0 Å². The molecule has 0 N–H and O–H groups in total. The van der Waals surface area contributed by atoms with E-state index in [2.05, 4.69) is 9.59 Å². The van der Waals surface area contributed by atoms with E-state index in [-0.39, 0.29) is 11.0 Å². The monoisotopic (exact) mass is 168 g/mol. The van der Waals surface area contributed by atoms with Gasteiger partial charge in [-0.15, -0.1) is 5.10 Å². The van der Waals surface area contributed by atoms with E-state index in [1.165, 1.54) is 11.5 Å². The molecule has 0 atom stereocenters. The van der Waals surface area contributed by atoms with Crippen molar-refractivity contribution in [3.8, 4) is 0 Å². The van der Waals surface area contributed by atoms with E-state index in [1.807, 2.05) is 24.3 Å². The molecule has 0 aliphatic rings. The maximum Gasteiger partial charge on any atom is 0.105 e. The zero-order valence-electron chi connectivity index (χ0n) is 4.61. The molecule has 0 radical (unpaired) electrons. The fourth-order valence-electron chi connectivity index (χ4n) is 0.725. The minimum Gasteiger partial charge on any atom is -0.138 e. The minimum absolute atomic E-state index is 0. The van der Waals surface area contributed by atoms with Gasteiger partial charge in [-0.2, -0.15) is 0 Å². The highest BCUT2D eigenvalue weighted by Crippen LogP contribution is 2.12. The van der Waals surface area contributed by atoms with Crippen LogP contribution in [0.2, 0.25) is 0 Å². The summed E-state index contributed by atoms with van der Waals surface area (Å²) in [7, 11) is 0. The Bertz CT molecular complexity index is 290. The van der Waals surface area contributed by atoms with Gasteiger partial charge in [-0.25, -0.2) is 0 Å². The summed E-state index contributed by atoms with van der Waals surface area (Å²) in [5, 5.41) is 3.89. The second kappa shape index (κ2) is 2.89. The molecule has 0 unspecified atom stereocenters. The highest BCUT2D eigenvalue weighted by molar-refractivity contribution is 7.12. The first kappa shape index (κ1) is 7.36. The van der Waals surface area contributed by atoms with Crippen LogP contribution in [0.3, 0.4) is 0 Å². The molecule has 1 aromatic carbocycles. The van der Waals surface area contributed by atoms with Crippen molar-refractivity contribution in [1.82, 2.24) is 9.59 Å². The molecule has 1 aromatic heterocycles. The lowest BCUT2D eigenvalue weighted by Crippen LogP contribution is -1.63. The Labute approximate surface area is 67.1 Å². The standard InChI is InChI=1S/C6H4N2S.H4Si/c1-2-4-6-5(3-1)7-8-9-6;/h1-4H;1H4. The molecule has 0 saturated heterocycles. The number of hydrogen-bond donors (Lipinski definition) is 0. The molecule has 0 aliphatic heterocycles. The first-order chi connectivity index (χ1) is 4.47. The Morgan fingerprint density at radius 1 is 1.20 bits per heavy atom. The highest BCUT2D eigenvalue weighted by atomic mass is 32.1. The van der Waals surface area contributed by atoms with Crippen LogP contribution in [-0.2, 0) is 0 Å². The van der Waals surface area contributed by atoms with Gasteiger partial charge >= 0.3 is 0 Å². The summed E-state index contributed by atoms with van der Waals surface area (Å²) in [4.78, 5) is 0. The van der Waals surface area contributed by atoms with Crippen LogP contribution in [0.25, 0.3) is 10.2 Å². The van der Waals surface area contributed by atoms with Gasteiger partial charge < -0.3 is 0 Å². The van der Waals surface area contributed by atoms with Crippen LogP contribution in [0.15, 0.2) is 24.3 Å². The fraction of sp³-hybridized carbons (Fsp3) is 0. The highest BCUT2D eigenvalue weighted by Gasteiger charge is 1.91. The van der Waals surface area contributed by atoms with E-state index in [4.69, 9.17) is 0 Å². The molecule has 2 rings (SSSR count). The predicted octanol–water partition coefficient (Wildman–Crippen LogP) is 0.240. The zero-order valence-corrected chi connectivity index (χ0v) is 5.43. The van der Waals surface area contributed by atoms with Crippen molar-refractivity contribution >= 4 is 32.7 Å². The van der Waals surface area contributed by atoms with Gasteiger partial charge in [0.1, 0.15) is 5.52 Å². The molecule has 0 bridgehead atoms. The van der Waals surface area contributed by atoms with Gasteiger partial charge in [-0.1, -0.05) is 16.6 Å². The SMILES string of the molecule is [SiH4].c1ccc2snnc2c1. The first-order valence-corrected chi connectivity index (χ1v) is 3.41. The van der Waals surface area contributed by atoms with Crippen LogP contribution in [0.1, 0.15) is 0 Å². The number of fused-ring (bicyclic) bond motifs is 1. The van der Waals surface area contributed by atoms with Crippen molar-refractivity contribution in [3.05, 3.63) is 24.3 Å². The summed E-state index contributed by atoms with van der Waals surface area (Å²) in [5.41, 5.74) is 0.988. The Kier molecular flexibility index (Phi) is 2.13. The van der Waals surface area contributed by atoms with Crippen LogP contribution in [0, 0.1) is 0 Å². The van der Waals surface area contributed by atoms with Crippen molar-refractivity contribution in [2.45, 2.75) is 0 Å². The molecule has 52 valence electrons. The van der Waals surface area contributed by atoms with Crippen molar-refractivity contribution in [1.29, 1.82) is 0 Å². The smallest absolute Gasteiger partial charge is 0.105 e. The molecule has 0 amide bonds. The van der Waals surface area contributed by atoms with Gasteiger partial charge in [0.25, 0.3) is 0 Å². The summed E-state index contributed by atoms with van der Waals surface area (Å²) >= 11 is 1.43. The zero-order chi connectivity index (χ0) is 6.10. The van der Waals surface area contributed by atoms with Crippen molar-refractivity contribution in [2.75, 3.05) is 0 Å². The summed E-state index contributed by atoms with van der Waals surface area (Å²) < 4.78 is 4.94. The molecule has 1 heterocycles. The van der Waals surface area contributed by atoms with Crippen LogP contribution in [0.5, 0.6) is 0 Å². The Balaban J connectivity index is 0.000000500. The third kappa shape index (κ3) is 1.07. The van der Waals surface area contributed by atoms with Crippen molar-refractivity contribution in [3.63, 3.8) is 0 Å². The molecular formula is C6H8N2SSi. The lowest BCUT2D eigenvalue weighted by Gasteiger charge is -1.78. The third-order valence-electron chi connectivity index (χ3n) is 1.15. The van der Waals surface area contributed by atoms with Crippen molar-refractivity contribution < 1.29 is 0 Å². The molecule has 0 fully saturated rings. The van der Waals surface area contributed by atoms with E-state index in [0.29, 0.717) is 0 Å². The lowest BCUT2D eigenvalue weighted by molar-refractivity contribution is 1.20. The van der Waals surface area contributed by atoms with Crippen LogP contribution in [0.4, 0.5) is 0 Å². The van der Waals surface area contributed by atoms with Crippen LogP contribution in [-0.4, -0.2) is 20.6 Å². The predicted molar refractivity (Wildman–Crippen MR) is 48.7 cm³/mol. The molecule has 0 saturated carbocycles. The van der Waals surface area contributed by atoms with Gasteiger partial charge in [0, 0.05) is 0 Å². The maximum atomic E-state index is 3.89. The van der Waals surface area contributed by atoms with E-state index in [1.54, 1.807) is 0 Å². The number of aromatic nitrogens is 2. The average molecular weight is 168 g/mol. The van der Waals surface area contributed by atoms with Crippen molar-refractivity contribution in [2.24, 2.45) is 0 Å². The van der Waals surface area contributed by atoms with Gasteiger partial charge in [-0.05, 0) is 34.6 Å². The molecule has 10 heavy (non-hydrogen) atoms. The van der Waals surface area contributed by atoms with E-state index in [9.17, 15) is 0 Å². The topological polar surface area (TPSA) is 25.8 Å². The normalized spacial score (nSPS) is 9.20. The fourth-order valence-corrected chi connectivity index (χ4v) is 1.28. The molecule has 0 spiro atoms. The molecular weight excluding hydrogens is 160 g/mol. The number of benzene rings is 1. The average Bonchev–Trinajstić information content (AvgIpc) is 2.33. The Morgan fingerprint density at radius 2 is 2.00 bits per heavy atom. The van der Waals surface area contributed by atoms with Gasteiger partial charge in [0.05, 0.1) is 4.70 Å². The number of rotatable bonds is 0. The molecule has 0 aliphatic carbocycles. The van der Waals surface area contributed by atoms with E-state index < -0.39 is 0 Å². The van der Waals surface area contributed by atoms with Crippen LogP contribution >= 0.6 is 11.5 Å². The number of nitrogens with zero attached hydrogens (tertiary/aromatic N) is 2. The Hall–Kier alpha value is -0.743. The van der Waals surface area contributed by atoms with Gasteiger partial charge in [-0.3, -0.25) is 0 Å². The number of hydrogen-bond acceptors (Lipinski definition) is 3. The summed E-state index contributed by atoms with van der Waals surface area (Å²) in [6.45, 7) is 0.